The van der Waals surface area contributed by atoms with Crippen LogP contribution in [0, 0.1) is 17.2 Å². The number of rotatable bonds is 6. The maximum atomic E-state index is 11.9. The van der Waals surface area contributed by atoms with E-state index in [9.17, 15) is 14.4 Å². The third-order valence-corrected chi connectivity index (χ3v) is 4.23. The van der Waals surface area contributed by atoms with E-state index in [1.807, 2.05) is 12.1 Å². The summed E-state index contributed by atoms with van der Waals surface area (Å²) >= 11 is 0. The van der Waals surface area contributed by atoms with Crippen molar-refractivity contribution in [1.82, 2.24) is 15.5 Å². The van der Waals surface area contributed by atoms with Crippen molar-refractivity contribution in [2.75, 3.05) is 26.2 Å². The zero-order valence-electron chi connectivity index (χ0n) is 14.0. The second-order valence-electron chi connectivity index (χ2n) is 6.01. The Morgan fingerprint density at radius 1 is 1.12 bits per heavy atom. The van der Waals surface area contributed by atoms with Gasteiger partial charge in [-0.3, -0.25) is 14.4 Å². The fourth-order valence-electron chi connectivity index (χ4n) is 2.74. The average molecular weight is 342 g/mol. The van der Waals surface area contributed by atoms with Crippen LogP contribution in [0.2, 0.25) is 0 Å². The van der Waals surface area contributed by atoms with Gasteiger partial charge < -0.3 is 15.5 Å². The topological polar surface area (TPSA) is 102 Å². The summed E-state index contributed by atoms with van der Waals surface area (Å²) in [7, 11) is 0. The molecule has 2 N–H and O–H groups in total. The fraction of sp³-hybridized carbons (Fsp3) is 0.444. The third kappa shape index (κ3) is 5.92. The minimum Gasteiger partial charge on any atom is -0.354 e. The summed E-state index contributed by atoms with van der Waals surface area (Å²) in [6, 6.07) is 10.6. The molecule has 7 nitrogen and oxygen atoms in total. The number of nitrogens with one attached hydrogen (secondary N) is 2. The van der Waals surface area contributed by atoms with E-state index in [1.54, 1.807) is 29.2 Å². The van der Waals surface area contributed by atoms with E-state index >= 15 is 0 Å². The van der Waals surface area contributed by atoms with Gasteiger partial charge in [0.2, 0.25) is 11.8 Å². The summed E-state index contributed by atoms with van der Waals surface area (Å²) in [5.41, 5.74) is 0.518. The van der Waals surface area contributed by atoms with Crippen LogP contribution in [0.5, 0.6) is 0 Å². The lowest BCUT2D eigenvalue weighted by molar-refractivity contribution is -0.131. The second kappa shape index (κ2) is 9.42. The summed E-state index contributed by atoms with van der Waals surface area (Å²) in [5.74, 6) is -0.333. The number of carbonyl (C=O) groups excluding carboxylic acids is 3. The minimum atomic E-state index is -0.278. The molecule has 7 heteroatoms. The molecule has 1 aliphatic heterocycles. The molecule has 1 aliphatic rings. The molecule has 0 unspecified atom stereocenters. The molecule has 0 aromatic heterocycles. The number of nitriles is 1. The Bertz CT molecular complexity index is 646. The first-order valence-electron chi connectivity index (χ1n) is 8.35. The number of hydrogen-bond donors (Lipinski definition) is 2. The van der Waals surface area contributed by atoms with Gasteiger partial charge in [-0.2, -0.15) is 5.26 Å². The Morgan fingerprint density at radius 2 is 1.80 bits per heavy atom. The van der Waals surface area contributed by atoms with E-state index in [0.717, 1.165) is 12.8 Å². The molecular formula is C18H22N4O3. The van der Waals surface area contributed by atoms with Gasteiger partial charge in [0.15, 0.2) is 0 Å². The van der Waals surface area contributed by atoms with Gasteiger partial charge in [0.25, 0.3) is 5.91 Å². The predicted octanol–water partition coefficient (Wildman–Crippen LogP) is 0.685. The van der Waals surface area contributed by atoms with Crippen LogP contribution in [0.3, 0.4) is 0 Å². The van der Waals surface area contributed by atoms with Crippen LogP contribution in [-0.2, 0) is 9.59 Å². The highest BCUT2D eigenvalue weighted by Gasteiger charge is 2.22. The highest BCUT2D eigenvalue weighted by atomic mass is 16.2. The zero-order valence-corrected chi connectivity index (χ0v) is 14.0. The third-order valence-electron chi connectivity index (χ3n) is 4.23. The van der Waals surface area contributed by atoms with E-state index < -0.39 is 0 Å². The smallest absolute Gasteiger partial charge is 0.251 e. The van der Waals surface area contributed by atoms with Gasteiger partial charge in [-0.25, -0.2) is 0 Å². The van der Waals surface area contributed by atoms with Crippen LogP contribution in [0.1, 0.15) is 29.6 Å². The molecule has 0 spiro atoms. The fourth-order valence-corrected chi connectivity index (χ4v) is 2.74. The molecule has 0 radical (unpaired) electrons. The van der Waals surface area contributed by atoms with Crippen LogP contribution >= 0.6 is 0 Å². The standard InChI is InChI=1S/C18H22N4O3/c19-9-6-17(24)22-10-7-14(8-11-22)12-20-16(23)13-21-18(25)15-4-2-1-3-5-15/h1-5,14H,6-8,10-13H2,(H,20,23)(H,21,25). The van der Waals surface area contributed by atoms with Gasteiger partial charge in [0.1, 0.15) is 6.42 Å². The summed E-state index contributed by atoms with van der Waals surface area (Å²) in [5, 5.41) is 14.0. The number of piperidine rings is 1. The quantitative estimate of drug-likeness (QED) is 0.794. The van der Waals surface area contributed by atoms with Crippen LogP contribution in [0.25, 0.3) is 0 Å². The van der Waals surface area contributed by atoms with E-state index in [-0.39, 0.29) is 30.7 Å². The molecule has 25 heavy (non-hydrogen) atoms. The zero-order chi connectivity index (χ0) is 18.1. The molecule has 1 saturated heterocycles. The van der Waals surface area contributed by atoms with Gasteiger partial charge in [-0.15, -0.1) is 0 Å². The Labute approximate surface area is 147 Å². The highest BCUT2D eigenvalue weighted by molar-refractivity contribution is 5.96. The van der Waals surface area contributed by atoms with Crippen molar-refractivity contribution in [1.29, 1.82) is 5.26 Å². The lowest BCUT2D eigenvalue weighted by Crippen LogP contribution is -2.43. The first-order valence-corrected chi connectivity index (χ1v) is 8.35. The summed E-state index contributed by atoms with van der Waals surface area (Å²) in [6.45, 7) is 1.70. The molecule has 132 valence electrons. The first kappa shape index (κ1) is 18.5. The van der Waals surface area contributed by atoms with Crippen molar-refractivity contribution in [3.05, 3.63) is 35.9 Å². The van der Waals surface area contributed by atoms with E-state index in [2.05, 4.69) is 10.6 Å². The Kier molecular flexibility index (Phi) is 6.96. The molecule has 2 rings (SSSR count). The van der Waals surface area contributed by atoms with Crippen LogP contribution < -0.4 is 10.6 Å². The predicted molar refractivity (Wildman–Crippen MR) is 91.3 cm³/mol. The van der Waals surface area contributed by atoms with Crippen molar-refractivity contribution in [3.8, 4) is 6.07 Å². The number of hydrogen-bond acceptors (Lipinski definition) is 4. The number of carbonyl (C=O) groups is 3. The van der Waals surface area contributed by atoms with Crippen molar-refractivity contribution in [2.24, 2.45) is 5.92 Å². The van der Waals surface area contributed by atoms with Crippen molar-refractivity contribution < 1.29 is 14.4 Å². The van der Waals surface area contributed by atoms with E-state index in [1.165, 1.54) is 0 Å². The molecule has 1 aromatic rings. The van der Waals surface area contributed by atoms with E-state index in [4.69, 9.17) is 5.26 Å². The maximum absolute atomic E-state index is 11.9. The highest BCUT2D eigenvalue weighted by Crippen LogP contribution is 2.16. The summed E-state index contributed by atoms with van der Waals surface area (Å²) in [6.07, 6.45) is 1.52. The molecule has 0 aliphatic carbocycles. The summed E-state index contributed by atoms with van der Waals surface area (Å²) in [4.78, 5) is 37.0. The SMILES string of the molecule is N#CCC(=O)N1CCC(CNC(=O)CNC(=O)c2ccccc2)CC1. The van der Waals surface area contributed by atoms with Crippen LogP contribution in [-0.4, -0.2) is 48.8 Å². The second-order valence-corrected chi connectivity index (χ2v) is 6.01. The molecule has 3 amide bonds. The molecule has 0 atom stereocenters. The van der Waals surface area contributed by atoms with Gasteiger partial charge in [-0.05, 0) is 30.9 Å². The number of amides is 3. The largest absolute Gasteiger partial charge is 0.354 e. The van der Waals surface area contributed by atoms with Crippen LogP contribution in [0.15, 0.2) is 30.3 Å². The average Bonchev–Trinajstić information content (AvgIpc) is 2.65. The molecule has 1 heterocycles. The summed E-state index contributed by atoms with van der Waals surface area (Å²) < 4.78 is 0. The molecule has 1 aromatic carbocycles. The van der Waals surface area contributed by atoms with Crippen molar-refractivity contribution >= 4 is 17.7 Å². The Hall–Kier alpha value is -2.88. The Balaban J connectivity index is 1.64. The van der Waals surface area contributed by atoms with Gasteiger partial charge in [-0.1, -0.05) is 18.2 Å². The van der Waals surface area contributed by atoms with Crippen molar-refractivity contribution in [3.63, 3.8) is 0 Å². The Morgan fingerprint density at radius 3 is 2.44 bits per heavy atom. The number of nitrogens with zero attached hydrogens (tertiary/aromatic N) is 2. The molecule has 0 saturated carbocycles. The normalized spacial score (nSPS) is 14.4. The monoisotopic (exact) mass is 342 g/mol. The number of likely N-dealkylation sites (tertiary alicyclic amines) is 1. The van der Waals surface area contributed by atoms with Gasteiger partial charge in [0.05, 0.1) is 12.6 Å². The molecule has 1 fully saturated rings. The van der Waals surface area contributed by atoms with E-state index in [0.29, 0.717) is 31.1 Å². The number of benzene rings is 1. The molecular weight excluding hydrogens is 320 g/mol. The first-order chi connectivity index (χ1) is 12.1. The van der Waals surface area contributed by atoms with Gasteiger partial charge >= 0.3 is 0 Å². The van der Waals surface area contributed by atoms with Crippen LogP contribution in [0.4, 0.5) is 0 Å². The van der Waals surface area contributed by atoms with Gasteiger partial charge in [0, 0.05) is 25.2 Å². The minimum absolute atomic E-state index is 0.0623. The molecule has 0 bridgehead atoms. The van der Waals surface area contributed by atoms with Crippen molar-refractivity contribution in [2.45, 2.75) is 19.3 Å². The maximum Gasteiger partial charge on any atom is 0.251 e. The lowest BCUT2D eigenvalue weighted by Gasteiger charge is -2.31. The lowest BCUT2D eigenvalue weighted by atomic mass is 9.96.